The van der Waals surface area contributed by atoms with Crippen LogP contribution in [0.5, 0.6) is 0 Å². The van der Waals surface area contributed by atoms with Crippen molar-refractivity contribution in [3.63, 3.8) is 0 Å². The summed E-state index contributed by atoms with van der Waals surface area (Å²) in [5, 5.41) is 5.08. The third kappa shape index (κ3) is 3.64. The number of carbonyl (C=O) groups excluding carboxylic acids is 1. The number of alkyl halides is 2. The SMILES string of the molecule is CC(C)NC(=O)NC[C@H]1CCCC1(F)F. The smallest absolute Gasteiger partial charge is 0.314 e. The van der Waals surface area contributed by atoms with Gasteiger partial charge in [-0.2, -0.15) is 0 Å². The van der Waals surface area contributed by atoms with Crippen molar-refractivity contribution in [2.75, 3.05) is 6.54 Å². The van der Waals surface area contributed by atoms with Crippen molar-refractivity contribution in [1.29, 1.82) is 0 Å². The summed E-state index contributed by atoms with van der Waals surface area (Å²) in [6, 6.07) is -0.346. The van der Waals surface area contributed by atoms with Crippen molar-refractivity contribution < 1.29 is 13.6 Å². The molecule has 88 valence electrons. The second-order valence-corrected chi connectivity index (χ2v) is 4.36. The van der Waals surface area contributed by atoms with Gasteiger partial charge in [0.05, 0.1) is 0 Å². The van der Waals surface area contributed by atoms with Gasteiger partial charge in [-0.15, -0.1) is 0 Å². The van der Waals surface area contributed by atoms with E-state index in [9.17, 15) is 13.6 Å². The van der Waals surface area contributed by atoms with Crippen LogP contribution in [0.15, 0.2) is 0 Å². The van der Waals surface area contributed by atoms with Crippen LogP contribution in [0.25, 0.3) is 0 Å². The van der Waals surface area contributed by atoms with Crippen LogP contribution < -0.4 is 10.6 Å². The molecule has 15 heavy (non-hydrogen) atoms. The first-order valence-electron chi connectivity index (χ1n) is 5.34. The lowest BCUT2D eigenvalue weighted by Crippen LogP contribution is -2.43. The van der Waals surface area contributed by atoms with Crippen LogP contribution in [-0.4, -0.2) is 24.5 Å². The maximum Gasteiger partial charge on any atom is 0.314 e. The van der Waals surface area contributed by atoms with Crippen LogP contribution in [0.4, 0.5) is 13.6 Å². The summed E-state index contributed by atoms with van der Waals surface area (Å²) in [5.41, 5.74) is 0. The third-order valence-electron chi connectivity index (χ3n) is 2.59. The highest BCUT2D eigenvalue weighted by atomic mass is 19.3. The molecule has 2 N–H and O–H groups in total. The summed E-state index contributed by atoms with van der Waals surface area (Å²) in [7, 11) is 0. The van der Waals surface area contributed by atoms with Gasteiger partial charge in [0, 0.05) is 24.9 Å². The molecule has 0 aromatic rings. The average molecular weight is 220 g/mol. The summed E-state index contributed by atoms with van der Waals surface area (Å²) in [5.74, 6) is -3.30. The number of urea groups is 1. The van der Waals surface area contributed by atoms with E-state index >= 15 is 0 Å². The molecule has 0 aromatic heterocycles. The lowest BCUT2D eigenvalue weighted by atomic mass is 10.1. The molecule has 3 nitrogen and oxygen atoms in total. The lowest BCUT2D eigenvalue weighted by Gasteiger charge is -2.19. The summed E-state index contributed by atoms with van der Waals surface area (Å²) >= 11 is 0. The van der Waals surface area contributed by atoms with Crippen LogP contribution in [0.3, 0.4) is 0 Å². The first-order valence-corrected chi connectivity index (χ1v) is 5.34. The summed E-state index contributed by atoms with van der Waals surface area (Å²) in [4.78, 5) is 11.2. The fraction of sp³-hybridized carbons (Fsp3) is 0.900. The maximum absolute atomic E-state index is 13.2. The van der Waals surface area contributed by atoms with Gasteiger partial charge >= 0.3 is 6.03 Å². The minimum absolute atomic E-state index is 0.0223. The van der Waals surface area contributed by atoms with E-state index in [1.165, 1.54) is 0 Å². The first kappa shape index (κ1) is 12.2. The molecular formula is C10H18F2N2O. The van der Waals surface area contributed by atoms with Crippen LogP contribution in [-0.2, 0) is 0 Å². The quantitative estimate of drug-likeness (QED) is 0.751. The van der Waals surface area contributed by atoms with E-state index in [0.29, 0.717) is 12.8 Å². The minimum Gasteiger partial charge on any atom is -0.338 e. The van der Waals surface area contributed by atoms with Gasteiger partial charge in [-0.3, -0.25) is 0 Å². The van der Waals surface area contributed by atoms with Crippen LogP contribution in [0.1, 0.15) is 33.1 Å². The van der Waals surface area contributed by atoms with E-state index in [2.05, 4.69) is 10.6 Å². The van der Waals surface area contributed by atoms with Gasteiger partial charge in [0.25, 0.3) is 5.92 Å². The monoisotopic (exact) mass is 220 g/mol. The molecule has 2 amide bonds. The van der Waals surface area contributed by atoms with Gasteiger partial charge < -0.3 is 10.6 Å². The molecule has 0 bridgehead atoms. The Labute approximate surface area is 88.6 Å². The van der Waals surface area contributed by atoms with Crippen molar-refractivity contribution in [3.8, 4) is 0 Å². The van der Waals surface area contributed by atoms with Gasteiger partial charge in [0.2, 0.25) is 0 Å². The molecule has 0 heterocycles. The van der Waals surface area contributed by atoms with E-state index in [1.54, 1.807) is 0 Å². The Kier molecular flexibility index (Phi) is 3.88. The van der Waals surface area contributed by atoms with Gasteiger partial charge in [-0.1, -0.05) is 0 Å². The zero-order valence-corrected chi connectivity index (χ0v) is 9.15. The normalized spacial score (nSPS) is 24.2. The molecule has 0 aliphatic heterocycles. The maximum atomic E-state index is 13.2. The van der Waals surface area contributed by atoms with Gasteiger partial charge in [-0.25, -0.2) is 13.6 Å². The molecule has 0 aromatic carbocycles. The molecule has 0 unspecified atom stereocenters. The Morgan fingerprint density at radius 1 is 1.53 bits per heavy atom. The average Bonchev–Trinajstić information content (AvgIpc) is 2.40. The van der Waals surface area contributed by atoms with Gasteiger partial charge in [-0.05, 0) is 26.7 Å². The van der Waals surface area contributed by atoms with Crippen molar-refractivity contribution in [2.45, 2.75) is 45.1 Å². The number of rotatable bonds is 3. The van der Waals surface area contributed by atoms with Crippen LogP contribution in [0, 0.1) is 5.92 Å². The van der Waals surface area contributed by atoms with E-state index in [-0.39, 0.29) is 25.0 Å². The van der Waals surface area contributed by atoms with E-state index in [1.807, 2.05) is 13.8 Å². The Bertz CT molecular complexity index is 231. The zero-order valence-electron chi connectivity index (χ0n) is 9.15. The predicted molar refractivity (Wildman–Crippen MR) is 54.0 cm³/mol. The molecular weight excluding hydrogens is 202 g/mol. The number of carbonyl (C=O) groups is 1. The number of hydrogen-bond donors (Lipinski definition) is 2. The molecule has 1 aliphatic rings. The molecule has 0 radical (unpaired) electrons. The van der Waals surface area contributed by atoms with Crippen LogP contribution >= 0.6 is 0 Å². The van der Waals surface area contributed by atoms with Crippen molar-refractivity contribution >= 4 is 6.03 Å². The second kappa shape index (κ2) is 4.77. The van der Waals surface area contributed by atoms with Crippen molar-refractivity contribution in [1.82, 2.24) is 10.6 Å². The number of hydrogen-bond acceptors (Lipinski definition) is 1. The number of nitrogens with one attached hydrogen (secondary N) is 2. The summed E-state index contributed by atoms with van der Waals surface area (Å²) in [6.07, 6.45) is 0.991. The van der Waals surface area contributed by atoms with Crippen molar-refractivity contribution in [3.05, 3.63) is 0 Å². The molecule has 1 saturated carbocycles. The van der Waals surface area contributed by atoms with Crippen molar-refractivity contribution in [2.24, 2.45) is 5.92 Å². The van der Waals surface area contributed by atoms with E-state index < -0.39 is 11.8 Å². The molecule has 1 atom stereocenters. The van der Waals surface area contributed by atoms with Crippen LogP contribution in [0.2, 0.25) is 0 Å². The summed E-state index contributed by atoms with van der Waals surface area (Å²) in [6.45, 7) is 3.71. The van der Waals surface area contributed by atoms with E-state index in [4.69, 9.17) is 0 Å². The highest BCUT2D eigenvalue weighted by Crippen LogP contribution is 2.39. The first-order chi connectivity index (χ1) is 6.92. The molecule has 1 aliphatic carbocycles. The van der Waals surface area contributed by atoms with E-state index in [0.717, 1.165) is 0 Å². The highest BCUT2D eigenvalue weighted by Gasteiger charge is 2.43. The molecule has 0 spiro atoms. The van der Waals surface area contributed by atoms with Gasteiger partial charge in [0.1, 0.15) is 0 Å². The fourth-order valence-electron chi connectivity index (χ4n) is 1.78. The predicted octanol–water partition coefficient (Wildman–Crippen LogP) is 2.13. The highest BCUT2D eigenvalue weighted by molar-refractivity contribution is 5.74. The lowest BCUT2D eigenvalue weighted by molar-refractivity contribution is -0.0349. The standard InChI is InChI=1S/C10H18F2N2O/c1-7(2)14-9(15)13-6-8-4-3-5-10(8,11)12/h7-8H,3-6H2,1-2H3,(H2,13,14,15)/t8-/m1/s1. The Morgan fingerprint density at radius 2 is 2.20 bits per heavy atom. The zero-order chi connectivity index (χ0) is 11.5. The molecule has 1 fully saturated rings. The largest absolute Gasteiger partial charge is 0.338 e. The number of halogens is 2. The Balaban J connectivity index is 2.28. The molecule has 1 rings (SSSR count). The fourth-order valence-corrected chi connectivity index (χ4v) is 1.78. The second-order valence-electron chi connectivity index (χ2n) is 4.36. The minimum atomic E-state index is -2.61. The topological polar surface area (TPSA) is 41.1 Å². The Hall–Kier alpha value is -0.870. The Morgan fingerprint density at radius 3 is 2.67 bits per heavy atom. The third-order valence-corrected chi connectivity index (χ3v) is 2.59. The molecule has 5 heteroatoms. The van der Waals surface area contributed by atoms with Gasteiger partial charge in [0.15, 0.2) is 0 Å². The number of amides is 2. The molecule has 0 saturated heterocycles. The summed E-state index contributed by atoms with van der Waals surface area (Å²) < 4.78 is 26.3.